The first-order valence-corrected chi connectivity index (χ1v) is 6.58. The van der Waals surface area contributed by atoms with E-state index in [1.54, 1.807) is 11.1 Å². The number of aromatic nitrogens is 1. The zero-order valence-electron chi connectivity index (χ0n) is 11.5. The number of carbonyl (C=O) groups is 1. The van der Waals surface area contributed by atoms with Gasteiger partial charge in [0.2, 0.25) is 5.91 Å². The van der Waals surface area contributed by atoms with Gasteiger partial charge in [0.05, 0.1) is 12.5 Å². The minimum absolute atomic E-state index is 0.0436. The summed E-state index contributed by atoms with van der Waals surface area (Å²) in [5.74, 6) is 0.0436. The van der Waals surface area contributed by atoms with Gasteiger partial charge in [-0.3, -0.25) is 9.78 Å². The second-order valence-electron chi connectivity index (χ2n) is 5.35. The Kier molecular flexibility index (Phi) is 4.50. The van der Waals surface area contributed by atoms with Crippen LogP contribution in [0.1, 0.15) is 12.1 Å². The van der Waals surface area contributed by atoms with E-state index in [0.29, 0.717) is 19.4 Å². The average Bonchev–Trinajstić information content (AvgIpc) is 2.70. The van der Waals surface area contributed by atoms with Crippen LogP contribution in [0.3, 0.4) is 0 Å². The van der Waals surface area contributed by atoms with Crippen LogP contribution in [-0.2, 0) is 11.2 Å². The maximum Gasteiger partial charge on any atom is 0.228 e. The number of aliphatic hydroxyl groups excluding tert-OH is 1. The molecule has 1 aliphatic rings. The molecule has 0 aliphatic carbocycles. The molecule has 5 heteroatoms. The summed E-state index contributed by atoms with van der Waals surface area (Å²) in [4.78, 5) is 20.3. The van der Waals surface area contributed by atoms with Gasteiger partial charge < -0.3 is 14.9 Å². The lowest BCUT2D eigenvalue weighted by atomic mass is 10.2. The topological polar surface area (TPSA) is 56.7 Å². The lowest BCUT2D eigenvalue weighted by molar-refractivity contribution is -0.131. The molecule has 1 N–H and O–H groups in total. The van der Waals surface area contributed by atoms with Crippen molar-refractivity contribution in [2.24, 2.45) is 0 Å². The third-order valence-corrected chi connectivity index (χ3v) is 3.35. The van der Waals surface area contributed by atoms with Crippen molar-refractivity contribution in [1.82, 2.24) is 14.8 Å². The number of aliphatic hydroxyl groups is 1. The van der Waals surface area contributed by atoms with E-state index in [-0.39, 0.29) is 11.9 Å². The van der Waals surface area contributed by atoms with E-state index in [1.807, 2.05) is 37.2 Å². The molecule has 0 saturated carbocycles. The normalized spacial score (nSPS) is 23.1. The molecule has 2 unspecified atom stereocenters. The third kappa shape index (κ3) is 3.75. The summed E-state index contributed by atoms with van der Waals surface area (Å²) in [6, 6.07) is 5.67. The Balaban J connectivity index is 2.00. The van der Waals surface area contributed by atoms with Gasteiger partial charge in [0.1, 0.15) is 0 Å². The van der Waals surface area contributed by atoms with Gasteiger partial charge in [-0.15, -0.1) is 0 Å². The summed E-state index contributed by atoms with van der Waals surface area (Å²) in [6.45, 7) is 1.22. The van der Waals surface area contributed by atoms with Gasteiger partial charge in [0, 0.05) is 31.0 Å². The number of nitrogens with zero attached hydrogens (tertiary/aromatic N) is 3. The minimum Gasteiger partial charge on any atom is -0.391 e. The first-order valence-electron chi connectivity index (χ1n) is 6.58. The third-order valence-electron chi connectivity index (χ3n) is 3.35. The molecule has 104 valence electrons. The molecule has 2 heterocycles. The summed E-state index contributed by atoms with van der Waals surface area (Å²) >= 11 is 0. The van der Waals surface area contributed by atoms with Crippen molar-refractivity contribution >= 4 is 5.91 Å². The predicted molar refractivity (Wildman–Crippen MR) is 72.6 cm³/mol. The molecular weight excluding hydrogens is 242 g/mol. The number of carbonyl (C=O) groups excluding carboxylic acids is 1. The summed E-state index contributed by atoms with van der Waals surface area (Å²) in [6.07, 6.45) is 2.25. The van der Waals surface area contributed by atoms with Crippen molar-refractivity contribution in [2.75, 3.05) is 27.2 Å². The van der Waals surface area contributed by atoms with Crippen molar-refractivity contribution < 1.29 is 9.90 Å². The molecule has 1 aromatic rings. The maximum absolute atomic E-state index is 12.3. The van der Waals surface area contributed by atoms with Gasteiger partial charge >= 0.3 is 0 Å². The Hall–Kier alpha value is -1.46. The Morgan fingerprint density at radius 1 is 1.53 bits per heavy atom. The van der Waals surface area contributed by atoms with Crippen LogP contribution in [0.2, 0.25) is 0 Å². The van der Waals surface area contributed by atoms with Crippen LogP contribution in [-0.4, -0.2) is 65.1 Å². The molecule has 2 rings (SSSR count). The molecule has 1 fully saturated rings. The largest absolute Gasteiger partial charge is 0.391 e. The molecule has 1 amide bonds. The standard InChI is InChI=1S/C14H21N3O2/c1-16(2)9-12-8-13(18)10-17(12)14(19)7-11-5-3-4-6-15-11/h3-6,12-13,18H,7-10H2,1-2H3. The molecule has 0 bridgehead atoms. The van der Waals surface area contributed by atoms with Gasteiger partial charge in [-0.25, -0.2) is 0 Å². The first-order chi connectivity index (χ1) is 9.06. The number of amides is 1. The molecule has 1 aliphatic heterocycles. The maximum atomic E-state index is 12.3. The number of hydrogen-bond donors (Lipinski definition) is 1. The highest BCUT2D eigenvalue weighted by molar-refractivity contribution is 5.79. The van der Waals surface area contributed by atoms with Gasteiger partial charge in [-0.1, -0.05) is 6.07 Å². The van der Waals surface area contributed by atoms with E-state index in [1.165, 1.54) is 0 Å². The molecule has 5 nitrogen and oxygen atoms in total. The fourth-order valence-corrected chi connectivity index (χ4v) is 2.55. The molecule has 0 spiro atoms. The number of pyridine rings is 1. The number of hydrogen-bond acceptors (Lipinski definition) is 4. The van der Waals surface area contributed by atoms with E-state index in [0.717, 1.165) is 12.2 Å². The van der Waals surface area contributed by atoms with Gasteiger partial charge in [-0.2, -0.15) is 0 Å². The van der Waals surface area contributed by atoms with Crippen molar-refractivity contribution in [3.8, 4) is 0 Å². The van der Waals surface area contributed by atoms with E-state index in [9.17, 15) is 9.90 Å². The molecule has 2 atom stereocenters. The van der Waals surface area contributed by atoms with Crippen LogP contribution >= 0.6 is 0 Å². The molecule has 0 aromatic carbocycles. The second-order valence-corrected chi connectivity index (χ2v) is 5.35. The van der Waals surface area contributed by atoms with E-state index < -0.39 is 6.10 Å². The summed E-state index contributed by atoms with van der Waals surface area (Å²) in [5.41, 5.74) is 0.775. The number of rotatable bonds is 4. The van der Waals surface area contributed by atoms with E-state index in [4.69, 9.17) is 0 Å². The zero-order chi connectivity index (χ0) is 13.8. The van der Waals surface area contributed by atoms with Crippen molar-refractivity contribution in [1.29, 1.82) is 0 Å². The fraction of sp³-hybridized carbons (Fsp3) is 0.571. The molecular formula is C14H21N3O2. The lowest BCUT2D eigenvalue weighted by Gasteiger charge is -2.26. The fourth-order valence-electron chi connectivity index (χ4n) is 2.55. The number of likely N-dealkylation sites (N-methyl/N-ethyl adjacent to an activating group) is 1. The zero-order valence-corrected chi connectivity index (χ0v) is 11.5. The second kappa shape index (κ2) is 6.12. The Morgan fingerprint density at radius 3 is 2.95 bits per heavy atom. The van der Waals surface area contributed by atoms with Crippen LogP contribution in [0, 0.1) is 0 Å². The number of β-amino-alcohol motifs (C(OH)–C–C–N with tert-alkyl or cyclic N) is 1. The van der Waals surface area contributed by atoms with Crippen LogP contribution in [0.15, 0.2) is 24.4 Å². The summed E-state index contributed by atoms with van der Waals surface area (Å²) in [7, 11) is 3.96. The summed E-state index contributed by atoms with van der Waals surface area (Å²) in [5, 5.41) is 9.77. The molecule has 1 saturated heterocycles. The SMILES string of the molecule is CN(C)CC1CC(O)CN1C(=O)Cc1ccccn1. The molecule has 19 heavy (non-hydrogen) atoms. The van der Waals surface area contributed by atoms with Gasteiger partial charge in [0.15, 0.2) is 0 Å². The van der Waals surface area contributed by atoms with Crippen molar-refractivity contribution in [3.63, 3.8) is 0 Å². The van der Waals surface area contributed by atoms with Crippen LogP contribution < -0.4 is 0 Å². The predicted octanol–water partition coefficient (Wildman–Crippen LogP) is 0.147. The quantitative estimate of drug-likeness (QED) is 0.840. The first kappa shape index (κ1) is 14.0. The average molecular weight is 263 g/mol. The van der Waals surface area contributed by atoms with Crippen LogP contribution in [0.4, 0.5) is 0 Å². The monoisotopic (exact) mass is 263 g/mol. The Bertz CT molecular complexity index is 422. The van der Waals surface area contributed by atoms with E-state index in [2.05, 4.69) is 4.98 Å². The Morgan fingerprint density at radius 2 is 2.32 bits per heavy atom. The smallest absolute Gasteiger partial charge is 0.228 e. The van der Waals surface area contributed by atoms with E-state index >= 15 is 0 Å². The highest BCUT2D eigenvalue weighted by Crippen LogP contribution is 2.19. The molecule has 0 radical (unpaired) electrons. The van der Waals surface area contributed by atoms with Crippen LogP contribution in [0.25, 0.3) is 0 Å². The Labute approximate surface area is 113 Å². The highest BCUT2D eigenvalue weighted by Gasteiger charge is 2.34. The van der Waals surface area contributed by atoms with Crippen LogP contribution in [0.5, 0.6) is 0 Å². The van der Waals surface area contributed by atoms with Gasteiger partial charge in [0.25, 0.3) is 0 Å². The highest BCUT2D eigenvalue weighted by atomic mass is 16.3. The summed E-state index contributed by atoms with van der Waals surface area (Å²) < 4.78 is 0. The molecule has 1 aromatic heterocycles. The van der Waals surface area contributed by atoms with Crippen molar-refractivity contribution in [2.45, 2.75) is 25.0 Å². The van der Waals surface area contributed by atoms with Crippen molar-refractivity contribution in [3.05, 3.63) is 30.1 Å². The van der Waals surface area contributed by atoms with Gasteiger partial charge in [-0.05, 0) is 32.6 Å². The minimum atomic E-state index is -0.405. The number of likely N-dealkylation sites (tertiary alicyclic amines) is 1. The lowest BCUT2D eigenvalue weighted by Crippen LogP contribution is -2.42.